The zero-order chi connectivity index (χ0) is 14.0. The van der Waals surface area contributed by atoms with Crippen molar-refractivity contribution in [1.29, 1.82) is 0 Å². The third kappa shape index (κ3) is 2.51. The van der Waals surface area contributed by atoms with Gasteiger partial charge in [-0.25, -0.2) is 0 Å². The largest absolute Gasteiger partial charge is 0.391 e. The van der Waals surface area contributed by atoms with E-state index in [9.17, 15) is 5.11 Å². The lowest BCUT2D eigenvalue weighted by molar-refractivity contribution is -0.0219. The molecular weight excluding hydrogens is 250 g/mol. The van der Waals surface area contributed by atoms with Gasteiger partial charge in [-0.2, -0.15) is 5.10 Å². The summed E-state index contributed by atoms with van der Waals surface area (Å²) in [5.41, 5.74) is 1.30. The minimum Gasteiger partial charge on any atom is -0.391 e. The Hall–Kier alpha value is -0.870. The van der Waals surface area contributed by atoms with Crippen LogP contribution >= 0.6 is 0 Å². The molecule has 0 amide bonds. The highest BCUT2D eigenvalue weighted by molar-refractivity contribution is 5.05. The first kappa shape index (κ1) is 14.1. The topological polar surface area (TPSA) is 41.3 Å². The molecule has 1 aliphatic heterocycles. The Morgan fingerprint density at radius 1 is 1.25 bits per heavy atom. The maximum absolute atomic E-state index is 10.9. The normalized spacial score (nSPS) is 24.3. The van der Waals surface area contributed by atoms with Gasteiger partial charge >= 0.3 is 0 Å². The molecule has 3 rings (SSSR count). The highest BCUT2D eigenvalue weighted by atomic mass is 16.3. The molecule has 2 heterocycles. The van der Waals surface area contributed by atoms with Crippen molar-refractivity contribution in [3.05, 3.63) is 18.0 Å². The monoisotopic (exact) mass is 277 g/mol. The Labute approximate surface area is 121 Å². The molecule has 0 aromatic carbocycles. The molecule has 2 aliphatic rings. The zero-order valence-corrected chi connectivity index (χ0v) is 12.6. The van der Waals surface area contributed by atoms with Gasteiger partial charge < -0.3 is 5.11 Å². The van der Waals surface area contributed by atoms with E-state index >= 15 is 0 Å². The molecule has 1 aliphatic carbocycles. The van der Waals surface area contributed by atoms with Gasteiger partial charge in [-0.1, -0.05) is 12.8 Å². The number of rotatable bonds is 5. The quantitative estimate of drug-likeness (QED) is 0.896. The lowest BCUT2D eigenvalue weighted by Crippen LogP contribution is -2.54. The molecule has 1 aromatic heterocycles. The van der Waals surface area contributed by atoms with Crippen LogP contribution in [0.15, 0.2) is 12.3 Å². The third-order valence-corrected chi connectivity index (χ3v) is 5.42. The van der Waals surface area contributed by atoms with Crippen LogP contribution in [0, 0.1) is 0 Å². The molecule has 0 bridgehead atoms. The summed E-state index contributed by atoms with van der Waals surface area (Å²) in [6.45, 7) is 2.37. The fourth-order valence-corrected chi connectivity index (χ4v) is 4.21. The maximum Gasteiger partial charge on any atom is 0.0727 e. The number of nitrogens with zero attached hydrogens (tertiary/aromatic N) is 3. The van der Waals surface area contributed by atoms with E-state index in [1.807, 2.05) is 17.9 Å². The van der Waals surface area contributed by atoms with E-state index in [0.717, 1.165) is 12.8 Å². The van der Waals surface area contributed by atoms with E-state index < -0.39 is 0 Å². The van der Waals surface area contributed by atoms with Gasteiger partial charge in [0.2, 0.25) is 0 Å². The molecule has 112 valence electrons. The van der Waals surface area contributed by atoms with Crippen LogP contribution in [0.5, 0.6) is 0 Å². The van der Waals surface area contributed by atoms with Gasteiger partial charge in [0.05, 0.1) is 6.10 Å². The van der Waals surface area contributed by atoms with Gasteiger partial charge in [0, 0.05) is 24.5 Å². The van der Waals surface area contributed by atoms with Gasteiger partial charge in [0.15, 0.2) is 0 Å². The predicted molar refractivity (Wildman–Crippen MR) is 79.5 cm³/mol. The molecular formula is C16H27N3O. The summed E-state index contributed by atoms with van der Waals surface area (Å²) in [7, 11) is 1.98. The average molecular weight is 277 g/mol. The van der Waals surface area contributed by atoms with Crippen molar-refractivity contribution in [2.75, 3.05) is 13.1 Å². The maximum atomic E-state index is 10.9. The summed E-state index contributed by atoms with van der Waals surface area (Å²) in [4.78, 5) is 2.59. The number of aryl methyl sites for hydroxylation is 2. The van der Waals surface area contributed by atoms with E-state index in [-0.39, 0.29) is 11.6 Å². The van der Waals surface area contributed by atoms with Gasteiger partial charge in [-0.3, -0.25) is 9.58 Å². The second kappa shape index (κ2) is 5.86. The van der Waals surface area contributed by atoms with Crippen LogP contribution < -0.4 is 0 Å². The van der Waals surface area contributed by atoms with Crippen molar-refractivity contribution in [2.45, 2.75) is 63.0 Å². The second-order valence-corrected chi connectivity index (χ2v) is 6.51. The summed E-state index contributed by atoms with van der Waals surface area (Å²) in [5, 5.41) is 15.1. The van der Waals surface area contributed by atoms with E-state index in [1.54, 1.807) is 0 Å². The van der Waals surface area contributed by atoms with E-state index in [4.69, 9.17) is 0 Å². The van der Waals surface area contributed by atoms with E-state index in [0.29, 0.717) is 0 Å². The number of hydrogen-bond acceptors (Lipinski definition) is 3. The Balaban J connectivity index is 1.66. The summed E-state index contributed by atoms with van der Waals surface area (Å²) in [6, 6.07) is 2.06. The van der Waals surface area contributed by atoms with Crippen LogP contribution in [0.2, 0.25) is 0 Å². The molecule has 1 atom stereocenters. The molecule has 4 nitrogen and oxygen atoms in total. The summed E-state index contributed by atoms with van der Waals surface area (Å²) >= 11 is 0. The Morgan fingerprint density at radius 2 is 1.95 bits per heavy atom. The Kier molecular flexibility index (Phi) is 4.13. The highest BCUT2D eigenvalue weighted by Crippen LogP contribution is 2.41. The van der Waals surface area contributed by atoms with Crippen LogP contribution in [-0.4, -0.2) is 44.5 Å². The number of aliphatic hydroxyl groups is 1. The molecule has 4 heteroatoms. The predicted octanol–water partition coefficient (Wildman–Crippen LogP) is 2.12. The fourth-order valence-electron chi connectivity index (χ4n) is 4.21. The van der Waals surface area contributed by atoms with Crippen molar-refractivity contribution in [1.82, 2.24) is 14.7 Å². The summed E-state index contributed by atoms with van der Waals surface area (Å²) < 4.78 is 1.92. The number of aromatic nitrogens is 2. The van der Waals surface area contributed by atoms with E-state index in [1.165, 1.54) is 57.3 Å². The van der Waals surface area contributed by atoms with Crippen molar-refractivity contribution in [3.63, 3.8) is 0 Å². The second-order valence-electron chi connectivity index (χ2n) is 6.51. The average Bonchev–Trinajstić information content (AvgIpc) is 3.18. The molecule has 1 saturated carbocycles. The molecule has 1 N–H and O–H groups in total. The minimum atomic E-state index is -0.196. The zero-order valence-electron chi connectivity index (χ0n) is 12.6. The Bertz CT molecular complexity index is 431. The first-order chi connectivity index (χ1) is 9.72. The SMILES string of the molecule is Cn1nccc1CCC(O)C1(N2CCCC2)CCCC1. The van der Waals surface area contributed by atoms with Crippen LogP contribution in [0.4, 0.5) is 0 Å². The van der Waals surface area contributed by atoms with Gasteiger partial charge in [0.1, 0.15) is 0 Å². The molecule has 0 radical (unpaired) electrons. The van der Waals surface area contributed by atoms with Crippen molar-refractivity contribution in [3.8, 4) is 0 Å². The summed E-state index contributed by atoms with van der Waals surface area (Å²) in [5.74, 6) is 0. The third-order valence-electron chi connectivity index (χ3n) is 5.42. The number of hydrogen-bond donors (Lipinski definition) is 1. The summed E-state index contributed by atoms with van der Waals surface area (Å²) in [6.07, 6.45) is 10.9. The van der Waals surface area contributed by atoms with Gasteiger partial charge in [0.25, 0.3) is 0 Å². The number of aliphatic hydroxyl groups excluding tert-OH is 1. The first-order valence-electron chi connectivity index (χ1n) is 8.12. The molecule has 2 fully saturated rings. The molecule has 1 unspecified atom stereocenters. The van der Waals surface area contributed by atoms with Crippen LogP contribution in [0.25, 0.3) is 0 Å². The van der Waals surface area contributed by atoms with Gasteiger partial charge in [-0.05, 0) is 57.7 Å². The van der Waals surface area contributed by atoms with Crippen molar-refractivity contribution >= 4 is 0 Å². The van der Waals surface area contributed by atoms with Crippen molar-refractivity contribution < 1.29 is 5.11 Å². The fraction of sp³-hybridized carbons (Fsp3) is 0.812. The lowest BCUT2D eigenvalue weighted by atomic mass is 9.85. The van der Waals surface area contributed by atoms with Crippen LogP contribution in [-0.2, 0) is 13.5 Å². The van der Waals surface area contributed by atoms with Gasteiger partial charge in [-0.15, -0.1) is 0 Å². The van der Waals surface area contributed by atoms with Crippen LogP contribution in [0.3, 0.4) is 0 Å². The minimum absolute atomic E-state index is 0.0785. The lowest BCUT2D eigenvalue weighted by Gasteiger charge is -2.42. The molecule has 1 aromatic rings. The first-order valence-corrected chi connectivity index (χ1v) is 8.12. The smallest absolute Gasteiger partial charge is 0.0727 e. The van der Waals surface area contributed by atoms with Crippen LogP contribution in [0.1, 0.15) is 50.6 Å². The Morgan fingerprint density at radius 3 is 2.55 bits per heavy atom. The molecule has 20 heavy (non-hydrogen) atoms. The number of likely N-dealkylation sites (tertiary alicyclic amines) is 1. The highest BCUT2D eigenvalue weighted by Gasteiger charge is 2.45. The standard InChI is InChI=1S/C16H27N3O/c1-18-14(8-11-17-18)6-7-15(20)16(9-2-3-10-16)19-12-4-5-13-19/h8,11,15,20H,2-7,9-10,12-13H2,1H3. The van der Waals surface area contributed by atoms with E-state index in [2.05, 4.69) is 16.1 Å². The van der Waals surface area contributed by atoms with Crippen molar-refractivity contribution in [2.24, 2.45) is 7.05 Å². The molecule has 0 spiro atoms. The molecule has 1 saturated heterocycles.